The monoisotopic (exact) mass is 407 g/mol. The molecule has 0 saturated heterocycles. The molecule has 0 heterocycles. The van der Waals surface area contributed by atoms with E-state index in [1.807, 2.05) is 0 Å². The summed E-state index contributed by atoms with van der Waals surface area (Å²) in [5, 5.41) is 6.80. The molecular weight excluding hydrogens is 393 g/mol. The number of methoxy groups -OCH3 is 1. The fourth-order valence-corrected chi connectivity index (χ4v) is 2.24. The molecule has 0 aromatic heterocycles. The molecule has 7 nitrogen and oxygen atoms in total. The summed E-state index contributed by atoms with van der Waals surface area (Å²) < 4.78 is 4.60. The van der Waals surface area contributed by atoms with E-state index in [9.17, 15) is 14.4 Å². The number of carbonyl (C=O) groups excluding carboxylic acids is 3. The number of rotatable bonds is 6. The van der Waals surface area contributed by atoms with Gasteiger partial charge in [-0.25, -0.2) is 10.2 Å². The first-order valence-corrected chi connectivity index (χ1v) is 8.40. The largest absolute Gasteiger partial charge is 0.465 e. The molecule has 0 aliphatic heterocycles. The Labute approximate surface area is 165 Å². The fourth-order valence-electron chi connectivity index (χ4n) is 1.94. The Kier molecular flexibility index (Phi) is 7.34. The lowest BCUT2D eigenvalue weighted by molar-refractivity contribution is -0.120. The molecule has 0 fully saturated rings. The van der Waals surface area contributed by atoms with Gasteiger partial charge in [0, 0.05) is 5.56 Å². The summed E-state index contributed by atoms with van der Waals surface area (Å²) in [6.45, 7) is -0.266. The molecule has 0 aliphatic rings. The minimum absolute atomic E-state index is 0.247. The highest BCUT2D eigenvalue weighted by atomic mass is 35.5. The summed E-state index contributed by atoms with van der Waals surface area (Å²) in [5.74, 6) is -1.42. The Hall–Kier alpha value is -2.90. The van der Waals surface area contributed by atoms with Gasteiger partial charge >= 0.3 is 5.97 Å². The minimum atomic E-state index is -0.508. The number of hydrogen-bond donors (Lipinski definition) is 2. The van der Waals surface area contributed by atoms with Crippen molar-refractivity contribution in [2.45, 2.75) is 0 Å². The van der Waals surface area contributed by atoms with Crippen molar-refractivity contribution in [1.82, 2.24) is 10.7 Å². The first kappa shape index (κ1) is 20.4. The highest BCUT2D eigenvalue weighted by molar-refractivity contribution is 6.42. The van der Waals surface area contributed by atoms with Crippen LogP contribution in [0.1, 0.15) is 26.3 Å². The van der Waals surface area contributed by atoms with Gasteiger partial charge < -0.3 is 10.1 Å². The SMILES string of the molecule is COC(=O)c1ccc(/C=N/NC(=O)CNC(=O)c2ccc(Cl)c(Cl)c2)cc1. The number of nitrogens with zero attached hydrogens (tertiary/aromatic N) is 1. The number of amides is 2. The van der Waals surface area contributed by atoms with Crippen LogP contribution >= 0.6 is 23.2 Å². The number of nitrogens with one attached hydrogen (secondary N) is 2. The molecule has 0 unspecified atom stereocenters. The van der Waals surface area contributed by atoms with Gasteiger partial charge in [0.25, 0.3) is 11.8 Å². The first-order valence-electron chi connectivity index (χ1n) is 7.64. The van der Waals surface area contributed by atoms with Gasteiger partial charge in [0.15, 0.2) is 0 Å². The summed E-state index contributed by atoms with van der Waals surface area (Å²) in [5.41, 5.74) is 3.64. The zero-order chi connectivity index (χ0) is 19.8. The lowest BCUT2D eigenvalue weighted by atomic mass is 10.1. The predicted molar refractivity (Wildman–Crippen MR) is 102 cm³/mol. The van der Waals surface area contributed by atoms with Crippen LogP contribution in [0.3, 0.4) is 0 Å². The Bertz CT molecular complexity index is 883. The zero-order valence-corrected chi connectivity index (χ0v) is 15.7. The van der Waals surface area contributed by atoms with Gasteiger partial charge in [-0.1, -0.05) is 35.3 Å². The summed E-state index contributed by atoms with van der Waals surface area (Å²) >= 11 is 11.6. The average molecular weight is 408 g/mol. The number of hydrazone groups is 1. The van der Waals surface area contributed by atoms with Crippen LogP contribution in [0.4, 0.5) is 0 Å². The fraction of sp³-hybridized carbons (Fsp3) is 0.111. The number of benzene rings is 2. The van der Waals surface area contributed by atoms with Crippen molar-refractivity contribution in [3.05, 3.63) is 69.2 Å². The number of halogens is 2. The molecule has 0 bridgehead atoms. The Morgan fingerprint density at radius 1 is 1.04 bits per heavy atom. The third kappa shape index (κ3) is 6.09. The Morgan fingerprint density at radius 3 is 2.33 bits per heavy atom. The van der Waals surface area contributed by atoms with E-state index < -0.39 is 17.8 Å². The first-order chi connectivity index (χ1) is 12.9. The quantitative estimate of drug-likeness (QED) is 0.436. The van der Waals surface area contributed by atoms with Gasteiger partial charge in [-0.2, -0.15) is 5.10 Å². The van der Waals surface area contributed by atoms with Crippen molar-refractivity contribution in [3.8, 4) is 0 Å². The summed E-state index contributed by atoms with van der Waals surface area (Å²) in [6.07, 6.45) is 1.40. The maximum atomic E-state index is 12.0. The van der Waals surface area contributed by atoms with Crippen LogP contribution in [0.25, 0.3) is 0 Å². The zero-order valence-electron chi connectivity index (χ0n) is 14.2. The van der Waals surface area contributed by atoms with E-state index in [1.54, 1.807) is 24.3 Å². The van der Waals surface area contributed by atoms with Crippen LogP contribution in [0.5, 0.6) is 0 Å². The molecule has 2 amide bonds. The second-order valence-electron chi connectivity index (χ2n) is 5.22. The van der Waals surface area contributed by atoms with Crippen molar-refractivity contribution in [1.29, 1.82) is 0 Å². The van der Waals surface area contributed by atoms with Gasteiger partial charge in [0.05, 0.1) is 35.5 Å². The van der Waals surface area contributed by atoms with Crippen LogP contribution in [0.2, 0.25) is 10.0 Å². The van der Waals surface area contributed by atoms with Crippen molar-refractivity contribution >= 4 is 47.2 Å². The summed E-state index contributed by atoms with van der Waals surface area (Å²) in [4.78, 5) is 35.0. The maximum absolute atomic E-state index is 12.0. The second kappa shape index (κ2) is 9.70. The molecule has 0 atom stereocenters. The normalized spacial score (nSPS) is 10.5. The highest BCUT2D eigenvalue weighted by Crippen LogP contribution is 2.22. The van der Waals surface area contributed by atoms with Crippen LogP contribution < -0.4 is 10.7 Å². The summed E-state index contributed by atoms with van der Waals surface area (Å²) in [6, 6.07) is 10.8. The van der Waals surface area contributed by atoms with E-state index in [4.69, 9.17) is 23.2 Å². The number of hydrogen-bond acceptors (Lipinski definition) is 5. The van der Waals surface area contributed by atoms with Gasteiger partial charge in [0.2, 0.25) is 0 Å². The molecule has 0 aliphatic carbocycles. The highest BCUT2D eigenvalue weighted by Gasteiger charge is 2.09. The van der Waals surface area contributed by atoms with E-state index in [0.717, 1.165) is 0 Å². The van der Waals surface area contributed by atoms with Gasteiger partial charge in [0.1, 0.15) is 0 Å². The molecular formula is C18H15Cl2N3O4. The van der Waals surface area contributed by atoms with Crippen molar-refractivity contribution in [3.63, 3.8) is 0 Å². The van der Waals surface area contributed by atoms with Crippen LogP contribution in [0.15, 0.2) is 47.6 Å². The van der Waals surface area contributed by atoms with E-state index in [0.29, 0.717) is 16.1 Å². The Balaban J connectivity index is 1.81. The molecule has 140 valence electrons. The van der Waals surface area contributed by atoms with E-state index in [-0.39, 0.29) is 17.1 Å². The third-order valence-corrected chi connectivity index (χ3v) is 4.06. The van der Waals surface area contributed by atoms with Gasteiger partial charge in [-0.05, 0) is 35.9 Å². The molecule has 2 rings (SSSR count). The van der Waals surface area contributed by atoms with Crippen molar-refractivity contribution in [2.24, 2.45) is 5.10 Å². The average Bonchev–Trinajstić information content (AvgIpc) is 2.68. The third-order valence-electron chi connectivity index (χ3n) is 3.33. The van der Waals surface area contributed by atoms with E-state index >= 15 is 0 Å². The maximum Gasteiger partial charge on any atom is 0.337 e. The lowest BCUT2D eigenvalue weighted by Crippen LogP contribution is -2.34. The predicted octanol–water partition coefficient (Wildman–Crippen LogP) is 2.66. The number of carbonyl (C=O) groups is 3. The number of ether oxygens (including phenoxy) is 1. The van der Waals surface area contributed by atoms with Crippen molar-refractivity contribution < 1.29 is 19.1 Å². The molecule has 0 spiro atoms. The smallest absolute Gasteiger partial charge is 0.337 e. The van der Waals surface area contributed by atoms with E-state index in [2.05, 4.69) is 20.6 Å². The standard InChI is InChI=1S/C18H15Cl2N3O4/c1-27-18(26)12-4-2-11(3-5-12)9-22-23-16(24)10-21-17(25)13-6-7-14(19)15(20)8-13/h2-9H,10H2,1H3,(H,21,25)(H,23,24)/b22-9+. The van der Waals surface area contributed by atoms with Crippen LogP contribution in [-0.4, -0.2) is 37.7 Å². The lowest BCUT2D eigenvalue weighted by Gasteiger charge is -2.05. The topological polar surface area (TPSA) is 96.9 Å². The second-order valence-corrected chi connectivity index (χ2v) is 6.03. The molecule has 2 aromatic carbocycles. The number of esters is 1. The minimum Gasteiger partial charge on any atom is -0.465 e. The van der Waals surface area contributed by atoms with Crippen LogP contribution in [0, 0.1) is 0 Å². The molecule has 0 saturated carbocycles. The van der Waals surface area contributed by atoms with E-state index in [1.165, 1.54) is 31.5 Å². The molecule has 0 radical (unpaired) electrons. The van der Waals surface area contributed by atoms with Crippen molar-refractivity contribution in [2.75, 3.05) is 13.7 Å². The molecule has 9 heteroatoms. The van der Waals surface area contributed by atoms with Crippen LogP contribution in [-0.2, 0) is 9.53 Å². The van der Waals surface area contributed by atoms with Gasteiger partial charge in [-0.3, -0.25) is 9.59 Å². The Morgan fingerprint density at radius 2 is 1.70 bits per heavy atom. The molecule has 2 N–H and O–H groups in total. The van der Waals surface area contributed by atoms with Gasteiger partial charge in [-0.15, -0.1) is 0 Å². The molecule has 27 heavy (non-hydrogen) atoms. The summed E-state index contributed by atoms with van der Waals surface area (Å²) in [7, 11) is 1.30. The molecule has 2 aromatic rings.